The van der Waals surface area contributed by atoms with E-state index in [1.54, 1.807) is 57.1 Å². The Morgan fingerprint density at radius 3 is 1.17 bits per heavy atom. The molecule has 1 saturated carbocycles. The summed E-state index contributed by atoms with van der Waals surface area (Å²) in [6.07, 6.45) is 19.5. The standard InChI is InChI=1S/C10H17NO2.C10H15NO.2C10H17NO.C9H15NO2.C9H15NO.C8H13NO2.2C8H13NO/c1-6-12-8-7(2)11-9(13-8)10(3,4)5;1-10(2,3)8-6-12-9(11-8)7-4-5-7;1-7(2)8-6-12-9(11-8)10(3,4)5;1-5-6-9-11-8(7-12-9)10(2,3)4;1-5-11-8-10-7(6-12-8)9(2,3)4;1-5-8-10-7(6-11-8)9(2,3)4;1-8(2,3)7-9-5-6(10-4)11-7;1-6-9-7(5-10-6)8(2,3)4;1-6-5-9-7(10-6)8(2,3)4/h6H2,1-5H3;6-7H,4-5H2,1-3H3;6-7H,1-5H3;7H,5-6H2,1-4H3;6H,5H2,1-4H3;6H,5H2,1-4H3;5H,1-4H3;2*5H,1-4H3. The van der Waals surface area contributed by atoms with Crippen molar-refractivity contribution >= 4 is 0 Å². The number of oxazole rings is 9. The summed E-state index contributed by atoms with van der Waals surface area (Å²) in [7, 11) is 1.56. The van der Waals surface area contributed by atoms with E-state index in [9.17, 15) is 0 Å². The van der Waals surface area contributed by atoms with Crippen LogP contribution >= 0.6 is 0 Å². The number of aryl methyl sites for hydroxylation is 5. The zero-order valence-corrected chi connectivity index (χ0v) is 70.6. The Kier molecular flexibility index (Phi) is 34.5. The topological polar surface area (TPSA) is 262 Å². The van der Waals surface area contributed by atoms with Crippen LogP contribution in [0.25, 0.3) is 0 Å². The minimum Gasteiger partial charge on any atom is -0.467 e. The second kappa shape index (κ2) is 38.9. The molecule has 0 aromatic carbocycles. The zero-order valence-electron chi connectivity index (χ0n) is 70.6. The highest BCUT2D eigenvalue weighted by Gasteiger charge is 2.31. The fourth-order valence-electron chi connectivity index (χ4n) is 7.72. The quantitative estimate of drug-likeness (QED) is 0.123. The van der Waals surface area contributed by atoms with Crippen LogP contribution in [-0.2, 0) is 61.6 Å². The third kappa shape index (κ3) is 33.7. The highest BCUT2D eigenvalue weighted by molar-refractivity contribution is 5.18. The van der Waals surface area contributed by atoms with E-state index < -0.39 is 0 Å². The van der Waals surface area contributed by atoms with Gasteiger partial charge in [0.05, 0.1) is 60.7 Å². The summed E-state index contributed by atoms with van der Waals surface area (Å²) in [6, 6.07) is 0. The molecule has 0 radical (unpaired) electrons. The average Bonchev–Trinajstić information content (AvgIpc) is 1.67. The predicted octanol–water partition coefficient (Wildman–Crippen LogP) is 23.0. The van der Waals surface area contributed by atoms with Crippen LogP contribution in [0.3, 0.4) is 0 Å². The van der Waals surface area contributed by atoms with Gasteiger partial charge >= 0.3 is 18.0 Å². The molecule has 580 valence electrons. The lowest BCUT2D eigenvalue weighted by Gasteiger charge is -2.12. The van der Waals surface area contributed by atoms with Crippen molar-refractivity contribution < 1.29 is 54.0 Å². The lowest BCUT2D eigenvalue weighted by atomic mass is 9.93. The number of aromatic nitrogens is 9. The van der Waals surface area contributed by atoms with Crippen molar-refractivity contribution in [3.63, 3.8) is 0 Å². The Morgan fingerprint density at radius 2 is 0.854 bits per heavy atom. The van der Waals surface area contributed by atoms with Crippen LogP contribution in [0, 0.1) is 20.8 Å². The Labute approximate surface area is 618 Å². The van der Waals surface area contributed by atoms with E-state index in [0.29, 0.717) is 48.9 Å². The molecule has 9 heterocycles. The molecule has 0 unspecified atom stereocenters. The van der Waals surface area contributed by atoms with Crippen LogP contribution in [0.1, 0.15) is 352 Å². The Morgan fingerprint density at radius 1 is 0.417 bits per heavy atom. The average molecular weight is 1440 g/mol. The lowest BCUT2D eigenvalue weighted by molar-refractivity contribution is 0.236. The molecule has 0 atom stereocenters. The highest BCUT2D eigenvalue weighted by atomic mass is 16.6. The molecule has 1 fully saturated rings. The maximum absolute atomic E-state index is 5.49. The second-order valence-corrected chi connectivity index (χ2v) is 35.2. The van der Waals surface area contributed by atoms with Gasteiger partial charge < -0.3 is 54.0 Å². The number of ether oxygens (including phenoxy) is 3. The van der Waals surface area contributed by atoms with Crippen LogP contribution < -0.4 is 14.2 Å². The molecule has 0 aliphatic heterocycles. The fourth-order valence-corrected chi connectivity index (χ4v) is 7.72. The van der Waals surface area contributed by atoms with Crippen molar-refractivity contribution in [3.05, 3.63) is 143 Å². The fraction of sp³-hybridized carbons (Fsp3) is 0.671. The van der Waals surface area contributed by atoms with Gasteiger partial charge in [-0.1, -0.05) is 215 Å². The SMILES string of the molecule is CC(C)(C)c1coc(C2CC2)n1.CC(C)c1coc(C(C)(C)C)n1.CCCc1nc(C(C)(C)C)co1.CCOc1nc(C(C)(C)C)co1.CCOc1oc(C(C)(C)C)nc1C.CCc1nc(C(C)(C)C)co1.COc1cnc(C(C)(C)C)o1.Cc1cnc(C(C)(C)C)o1.Cc1nc(C(C)(C)C)co1. The molecule has 0 saturated heterocycles. The van der Waals surface area contributed by atoms with Gasteiger partial charge in [-0.3, -0.25) is 0 Å². The number of hydrogen-bond donors (Lipinski definition) is 0. The van der Waals surface area contributed by atoms with E-state index in [-0.39, 0.29) is 48.7 Å². The maximum atomic E-state index is 5.49. The molecule has 9 aromatic rings. The van der Waals surface area contributed by atoms with Gasteiger partial charge in [0.2, 0.25) is 11.8 Å². The van der Waals surface area contributed by atoms with E-state index in [4.69, 9.17) is 54.0 Å². The van der Waals surface area contributed by atoms with E-state index in [1.807, 2.05) is 62.3 Å². The van der Waals surface area contributed by atoms with Crippen LogP contribution in [0.5, 0.6) is 18.0 Å². The van der Waals surface area contributed by atoms with Crippen molar-refractivity contribution in [1.29, 1.82) is 0 Å². The monoisotopic (exact) mass is 1440 g/mol. The van der Waals surface area contributed by atoms with Crippen molar-refractivity contribution in [2.45, 2.75) is 342 Å². The van der Waals surface area contributed by atoms with Crippen LogP contribution in [0.15, 0.2) is 89.7 Å². The van der Waals surface area contributed by atoms with E-state index in [2.05, 4.69) is 232 Å². The van der Waals surface area contributed by atoms with Gasteiger partial charge in [-0.25, -0.2) is 39.9 Å². The molecule has 103 heavy (non-hydrogen) atoms. The van der Waals surface area contributed by atoms with Crippen molar-refractivity contribution in [3.8, 4) is 18.0 Å². The first-order valence-electron chi connectivity index (χ1n) is 36.4. The van der Waals surface area contributed by atoms with Gasteiger partial charge in [-0.2, -0.15) is 4.98 Å². The summed E-state index contributed by atoms with van der Waals surface area (Å²) in [5.74, 6) is 9.42. The molecule has 21 nitrogen and oxygen atoms in total. The minimum atomic E-state index is -0.0554. The van der Waals surface area contributed by atoms with Gasteiger partial charge in [0, 0.05) is 74.4 Å². The van der Waals surface area contributed by atoms with E-state index in [1.165, 1.54) is 12.8 Å². The summed E-state index contributed by atoms with van der Waals surface area (Å²) in [4.78, 5) is 38.5. The predicted molar refractivity (Wildman–Crippen MR) is 409 cm³/mol. The first-order chi connectivity index (χ1) is 47.1. The maximum Gasteiger partial charge on any atom is 0.393 e. The third-order valence-electron chi connectivity index (χ3n) is 14.5. The number of rotatable bonds is 10. The largest absolute Gasteiger partial charge is 0.467 e. The van der Waals surface area contributed by atoms with Crippen LogP contribution in [0.2, 0.25) is 0 Å². The summed E-state index contributed by atoms with van der Waals surface area (Å²) < 4.78 is 62.8. The molecular formula is C82H135N9O12. The molecule has 0 amide bonds. The second-order valence-electron chi connectivity index (χ2n) is 35.2. The van der Waals surface area contributed by atoms with Crippen LogP contribution in [0.4, 0.5) is 0 Å². The van der Waals surface area contributed by atoms with Crippen molar-refractivity contribution in [2.75, 3.05) is 20.3 Å². The normalized spacial score (nSPS) is 12.7. The first kappa shape index (κ1) is 91.4. The summed E-state index contributed by atoms with van der Waals surface area (Å²) in [6.45, 7) is 75.8. The summed E-state index contributed by atoms with van der Waals surface area (Å²) in [5.41, 5.74) is 7.39. The summed E-state index contributed by atoms with van der Waals surface area (Å²) >= 11 is 0. The number of hydrogen-bond acceptors (Lipinski definition) is 21. The molecule has 0 bridgehead atoms. The van der Waals surface area contributed by atoms with Gasteiger partial charge in [-0.05, 0) is 52.9 Å². The van der Waals surface area contributed by atoms with Crippen LogP contribution in [-0.4, -0.2) is 65.2 Å². The minimum absolute atomic E-state index is 0.0210. The van der Waals surface area contributed by atoms with Gasteiger partial charge in [0.25, 0.3) is 0 Å². The molecule has 1 aliphatic rings. The highest BCUT2D eigenvalue weighted by Crippen LogP contribution is 2.40. The van der Waals surface area contributed by atoms with Gasteiger partial charge in [-0.15, -0.1) is 0 Å². The Balaban J connectivity index is 0.000000394. The molecular weight excluding hydrogens is 1300 g/mol. The lowest BCUT2D eigenvalue weighted by Crippen LogP contribution is -2.11. The molecule has 0 N–H and O–H groups in total. The first-order valence-corrected chi connectivity index (χ1v) is 36.4. The molecule has 0 spiro atoms. The summed E-state index contributed by atoms with van der Waals surface area (Å²) in [5, 5.41) is 0. The smallest absolute Gasteiger partial charge is 0.393 e. The molecule has 1 aliphatic carbocycles. The zero-order chi connectivity index (χ0) is 79.1. The molecule has 10 rings (SSSR count). The Bertz CT molecular complexity index is 3560. The van der Waals surface area contributed by atoms with Gasteiger partial charge in [0.15, 0.2) is 35.3 Å². The molecule has 21 heteroatoms. The number of nitrogens with zero attached hydrogens (tertiary/aromatic N) is 9. The number of methoxy groups -OCH3 is 1. The van der Waals surface area contributed by atoms with E-state index >= 15 is 0 Å². The van der Waals surface area contributed by atoms with Crippen molar-refractivity contribution in [2.24, 2.45) is 0 Å². The van der Waals surface area contributed by atoms with Crippen molar-refractivity contribution in [1.82, 2.24) is 44.9 Å². The third-order valence-corrected chi connectivity index (χ3v) is 14.5. The molecule has 9 aromatic heterocycles. The van der Waals surface area contributed by atoms with E-state index in [0.717, 1.165) is 106 Å². The van der Waals surface area contributed by atoms with Gasteiger partial charge in [0.1, 0.15) is 55.2 Å². The Hall–Kier alpha value is -7.71.